The smallest absolute Gasteiger partial charge is 0.308 e. The molecular formula is C10H13ClN2O2S. The predicted molar refractivity (Wildman–Crippen MR) is 62.7 cm³/mol. The first-order valence-electron chi connectivity index (χ1n) is 5.11. The fraction of sp³-hybridized carbons (Fsp3) is 0.600. The summed E-state index contributed by atoms with van der Waals surface area (Å²) in [5, 5.41) is 9.96. The molecule has 2 atom stereocenters. The van der Waals surface area contributed by atoms with Crippen LogP contribution in [0, 0.1) is 11.8 Å². The molecule has 16 heavy (non-hydrogen) atoms. The standard InChI is InChI=1S/C10H13ClN2O2S/c1-6-3-13(4-7(6)10(14)15)5-9-12-2-8(11)16-9/h2,6-7H,3-5H2,1H3,(H,14,15)/t6-,7-/m1/s1. The van der Waals surface area contributed by atoms with Gasteiger partial charge in [-0.3, -0.25) is 9.69 Å². The molecule has 1 saturated heterocycles. The van der Waals surface area contributed by atoms with Gasteiger partial charge in [-0.2, -0.15) is 0 Å². The third-order valence-electron chi connectivity index (χ3n) is 2.89. The molecule has 0 aliphatic carbocycles. The van der Waals surface area contributed by atoms with Gasteiger partial charge in [0.1, 0.15) is 9.34 Å². The van der Waals surface area contributed by atoms with Gasteiger partial charge in [-0.05, 0) is 5.92 Å². The van der Waals surface area contributed by atoms with Crippen LogP contribution in [0.5, 0.6) is 0 Å². The summed E-state index contributed by atoms with van der Waals surface area (Å²) in [5.74, 6) is -0.754. The van der Waals surface area contributed by atoms with Gasteiger partial charge in [-0.1, -0.05) is 18.5 Å². The molecule has 4 nitrogen and oxygen atoms in total. The van der Waals surface area contributed by atoms with Crippen molar-refractivity contribution in [2.75, 3.05) is 13.1 Å². The molecule has 0 radical (unpaired) electrons. The lowest BCUT2D eigenvalue weighted by molar-refractivity contribution is -0.142. The minimum atomic E-state index is -0.702. The van der Waals surface area contributed by atoms with Crippen LogP contribution in [-0.4, -0.2) is 34.0 Å². The Morgan fingerprint density at radius 3 is 3.00 bits per heavy atom. The summed E-state index contributed by atoms with van der Waals surface area (Å²) in [4.78, 5) is 17.2. The number of carbonyl (C=O) groups is 1. The predicted octanol–water partition coefficient (Wildman–Crippen LogP) is 1.95. The number of carboxylic acid groups (broad SMARTS) is 1. The number of aromatic nitrogens is 1. The van der Waals surface area contributed by atoms with Crippen LogP contribution in [0.3, 0.4) is 0 Å². The van der Waals surface area contributed by atoms with Crippen LogP contribution in [0.15, 0.2) is 6.20 Å². The van der Waals surface area contributed by atoms with Crippen molar-refractivity contribution in [1.29, 1.82) is 0 Å². The zero-order chi connectivity index (χ0) is 11.7. The normalized spacial score (nSPS) is 26.1. The van der Waals surface area contributed by atoms with E-state index < -0.39 is 5.97 Å². The Hall–Kier alpha value is -0.650. The summed E-state index contributed by atoms with van der Waals surface area (Å²) in [6.07, 6.45) is 1.63. The second-order valence-corrected chi connectivity index (χ2v) is 5.92. The Bertz CT molecular complexity index is 396. The van der Waals surface area contributed by atoms with E-state index in [9.17, 15) is 4.79 Å². The van der Waals surface area contributed by atoms with Crippen molar-refractivity contribution in [3.8, 4) is 0 Å². The number of carboxylic acids is 1. The SMILES string of the molecule is C[C@@H]1CN(Cc2ncc(Cl)s2)C[C@H]1C(=O)O. The average Bonchev–Trinajstić information content (AvgIpc) is 2.73. The highest BCUT2D eigenvalue weighted by atomic mass is 35.5. The first-order valence-corrected chi connectivity index (χ1v) is 6.31. The molecule has 2 heterocycles. The van der Waals surface area contributed by atoms with E-state index in [2.05, 4.69) is 9.88 Å². The molecule has 2 rings (SSSR count). The molecule has 1 aromatic heterocycles. The van der Waals surface area contributed by atoms with Gasteiger partial charge in [0.2, 0.25) is 0 Å². The first-order chi connectivity index (χ1) is 7.56. The summed E-state index contributed by atoms with van der Waals surface area (Å²) in [7, 11) is 0. The van der Waals surface area contributed by atoms with Gasteiger partial charge >= 0.3 is 5.97 Å². The molecular weight excluding hydrogens is 248 g/mol. The molecule has 0 saturated carbocycles. The number of rotatable bonds is 3. The third-order valence-corrected chi connectivity index (χ3v) is 3.99. The number of thiazole rings is 1. The lowest BCUT2D eigenvalue weighted by atomic mass is 9.99. The van der Waals surface area contributed by atoms with Crippen molar-refractivity contribution >= 4 is 28.9 Å². The molecule has 6 heteroatoms. The van der Waals surface area contributed by atoms with Gasteiger partial charge in [0, 0.05) is 13.1 Å². The highest BCUT2D eigenvalue weighted by molar-refractivity contribution is 7.15. The van der Waals surface area contributed by atoms with Gasteiger partial charge < -0.3 is 5.11 Å². The second-order valence-electron chi connectivity index (χ2n) is 4.17. The molecule has 1 aromatic rings. The zero-order valence-corrected chi connectivity index (χ0v) is 10.5. The summed E-state index contributed by atoms with van der Waals surface area (Å²) >= 11 is 7.25. The van der Waals surface area contributed by atoms with Crippen molar-refractivity contribution in [2.24, 2.45) is 11.8 Å². The van der Waals surface area contributed by atoms with Crippen LogP contribution < -0.4 is 0 Å². The van der Waals surface area contributed by atoms with Crippen LogP contribution in [0.1, 0.15) is 11.9 Å². The van der Waals surface area contributed by atoms with Crippen LogP contribution in [0.2, 0.25) is 4.34 Å². The number of hydrogen-bond donors (Lipinski definition) is 1. The molecule has 1 aliphatic heterocycles. The van der Waals surface area contributed by atoms with Crippen LogP contribution in [0.4, 0.5) is 0 Å². The van der Waals surface area contributed by atoms with E-state index in [-0.39, 0.29) is 11.8 Å². The van der Waals surface area contributed by atoms with Gasteiger partial charge in [-0.25, -0.2) is 4.98 Å². The lowest BCUT2D eigenvalue weighted by Gasteiger charge is -2.12. The minimum Gasteiger partial charge on any atom is -0.481 e. The largest absolute Gasteiger partial charge is 0.481 e. The maximum atomic E-state index is 11.0. The average molecular weight is 261 g/mol. The van der Waals surface area contributed by atoms with E-state index in [1.807, 2.05) is 6.92 Å². The molecule has 88 valence electrons. The fourth-order valence-corrected chi connectivity index (χ4v) is 3.07. The van der Waals surface area contributed by atoms with E-state index in [1.54, 1.807) is 6.20 Å². The van der Waals surface area contributed by atoms with Crippen LogP contribution in [-0.2, 0) is 11.3 Å². The number of hydrogen-bond acceptors (Lipinski definition) is 4. The Balaban J connectivity index is 1.96. The summed E-state index contributed by atoms with van der Waals surface area (Å²) < 4.78 is 0.678. The Morgan fingerprint density at radius 1 is 1.75 bits per heavy atom. The maximum Gasteiger partial charge on any atom is 0.308 e. The monoisotopic (exact) mass is 260 g/mol. The van der Waals surface area contributed by atoms with Crippen LogP contribution in [0.25, 0.3) is 0 Å². The van der Waals surface area contributed by atoms with E-state index in [0.29, 0.717) is 17.4 Å². The molecule has 0 spiro atoms. The summed E-state index contributed by atoms with van der Waals surface area (Å²) in [6.45, 7) is 4.10. The fourth-order valence-electron chi connectivity index (χ4n) is 2.07. The van der Waals surface area contributed by atoms with E-state index in [1.165, 1.54) is 11.3 Å². The Kier molecular flexibility index (Phi) is 3.47. The van der Waals surface area contributed by atoms with E-state index in [0.717, 1.165) is 11.6 Å². The Labute approximate surface area is 103 Å². The number of nitrogens with zero attached hydrogens (tertiary/aromatic N) is 2. The molecule has 0 aromatic carbocycles. The molecule has 1 fully saturated rings. The van der Waals surface area contributed by atoms with Crippen molar-refractivity contribution in [2.45, 2.75) is 13.5 Å². The maximum absolute atomic E-state index is 11.0. The van der Waals surface area contributed by atoms with Crippen molar-refractivity contribution < 1.29 is 9.90 Å². The summed E-state index contributed by atoms with van der Waals surface area (Å²) in [5.41, 5.74) is 0. The minimum absolute atomic E-state index is 0.202. The first kappa shape index (κ1) is 11.8. The zero-order valence-electron chi connectivity index (χ0n) is 8.89. The molecule has 0 bridgehead atoms. The lowest BCUT2D eigenvalue weighted by Crippen LogP contribution is -2.23. The number of halogens is 1. The molecule has 0 unspecified atom stereocenters. The molecule has 1 aliphatic rings. The van der Waals surface area contributed by atoms with Gasteiger partial charge in [0.05, 0.1) is 18.7 Å². The third kappa shape index (κ3) is 2.53. The highest BCUT2D eigenvalue weighted by Gasteiger charge is 2.34. The second kappa shape index (κ2) is 4.69. The van der Waals surface area contributed by atoms with E-state index >= 15 is 0 Å². The van der Waals surface area contributed by atoms with Crippen molar-refractivity contribution in [3.63, 3.8) is 0 Å². The topological polar surface area (TPSA) is 53.4 Å². The number of aliphatic carboxylic acids is 1. The number of likely N-dealkylation sites (tertiary alicyclic amines) is 1. The molecule has 0 amide bonds. The van der Waals surface area contributed by atoms with Gasteiger partial charge in [0.15, 0.2) is 0 Å². The molecule has 1 N–H and O–H groups in total. The highest BCUT2D eigenvalue weighted by Crippen LogP contribution is 2.26. The van der Waals surface area contributed by atoms with E-state index in [4.69, 9.17) is 16.7 Å². The van der Waals surface area contributed by atoms with Crippen molar-refractivity contribution in [1.82, 2.24) is 9.88 Å². The van der Waals surface area contributed by atoms with Crippen molar-refractivity contribution in [3.05, 3.63) is 15.5 Å². The Morgan fingerprint density at radius 2 is 2.50 bits per heavy atom. The van der Waals surface area contributed by atoms with Crippen LogP contribution >= 0.6 is 22.9 Å². The quantitative estimate of drug-likeness (QED) is 0.903. The summed E-state index contributed by atoms with van der Waals surface area (Å²) in [6, 6.07) is 0. The van der Waals surface area contributed by atoms with Gasteiger partial charge in [-0.15, -0.1) is 11.3 Å². The van der Waals surface area contributed by atoms with Gasteiger partial charge in [0.25, 0.3) is 0 Å².